The summed E-state index contributed by atoms with van der Waals surface area (Å²) in [5.74, 6) is 2.72. The monoisotopic (exact) mass is 355 g/mol. The number of rotatable bonds is 5. The molecule has 0 bridgehead atoms. The van der Waals surface area contributed by atoms with Crippen molar-refractivity contribution in [1.82, 2.24) is 10.3 Å². The minimum atomic E-state index is 0.249. The molecule has 0 aliphatic carbocycles. The number of fused-ring (bicyclic) bond motifs is 1. The van der Waals surface area contributed by atoms with Gasteiger partial charge in [0.1, 0.15) is 19.0 Å². The van der Waals surface area contributed by atoms with Crippen molar-refractivity contribution in [2.24, 2.45) is 0 Å². The highest BCUT2D eigenvalue weighted by Crippen LogP contribution is 2.33. The molecular formula is C20H25N3O3. The Morgan fingerprint density at radius 3 is 3.00 bits per heavy atom. The lowest BCUT2D eigenvalue weighted by Crippen LogP contribution is -2.41. The van der Waals surface area contributed by atoms with Gasteiger partial charge in [0, 0.05) is 37.9 Å². The van der Waals surface area contributed by atoms with Gasteiger partial charge < -0.3 is 24.4 Å². The minimum absolute atomic E-state index is 0.249. The first-order valence-corrected chi connectivity index (χ1v) is 9.19. The highest BCUT2D eigenvalue weighted by molar-refractivity contribution is 5.47. The Kier molecular flexibility index (Phi) is 5.22. The van der Waals surface area contributed by atoms with E-state index in [9.17, 15) is 0 Å². The number of benzene rings is 1. The Bertz CT molecular complexity index is 753. The van der Waals surface area contributed by atoms with Gasteiger partial charge in [-0.2, -0.15) is 0 Å². The lowest BCUT2D eigenvalue weighted by molar-refractivity contribution is 0.0529. The van der Waals surface area contributed by atoms with Gasteiger partial charge in [0.2, 0.25) is 0 Å². The average Bonchev–Trinajstić information content (AvgIpc) is 2.68. The fraction of sp³-hybridized carbons (Fsp3) is 0.450. The predicted octanol–water partition coefficient (Wildman–Crippen LogP) is 2.37. The SMILES string of the molecule is CC1CN(c2cc(CNCc3cccc4c3OCCO4)ccn2)CCO1. The van der Waals surface area contributed by atoms with E-state index in [1.165, 1.54) is 5.56 Å². The van der Waals surface area contributed by atoms with E-state index in [1.807, 2.05) is 18.3 Å². The maximum Gasteiger partial charge on any atom is 0.165 e. The normalized spacial score (nSPS) is 19.4. The number of para-hydroxylation sites is 1. The van der Waals surface area contributed by atoms with E-state index in [1.54, 1.807) is 0 Å². The zero-order chi connectivity index (χ0) is 17.8. The largest absolute Gasteiger partial charge is 0.486 e. The highest BCUT2D eigenvalue weighted by atomic mass is 16.6. The number of nitrogens with one attached hydrogen (secondary N) is 1. The number of pyridine rings is 1. The van der Waals surface area contributed by atoms with Gasteiger partial charge in [-0.05, 0) is 30.7 Å². The van der Waals surface area contributed by atoms with Crippen molar-refractivity contribution in [1.29, 1.82) is 0 Å². The molecular weight excluding hydrogens is 330 g/mol. The first-order chi connectivity index (χ1) is 12.8. The van der Waals surface area contributed by atoms with E-state index < -0.39 is 0 Å². The van der Waals surface area contributed by atoms with Crippen LogP contribution >= 0.6 is 0 Å². The molecule has 6 nitrogen and oxygen atoms in total. The van der Waals surface area contributed by atoms with Crippen molar-refractivity contribution >= 4 is 5.82 Å². The Hall–Kier alpha value is -2.31. The van der Waals surface area contributed by atoms with Crippen LogP contribution in [0.5, 0.6) is 11.5 Å². The molecule has 1 fully saturated rings. The topological polar surface area (TPSA) is 55.9 Å². The van der Waals surface area contributed by atoms with Crippen LogP contribution in [0.2, 0.25) is 0 Å². The molecule has 1 aromatic carbocycles. The molecule has 2 aromatic rings. The van der Waals surface area contributed by atoms with Crippen LogP contribution in [0.3, 0.4) is 0 Å². The van der Waals surface area contributed by atoms with Gasteiger partial charge in [-0.15, -0.1) is 0 Å². The molecule has 1 atom stereocenters. The molecule has 0 spiro atoms. The molecule has 1 saturated heterocycles. The third kappa shape index (κ3) is 3.92. The number of morpholine rings is 1. The van der Waals surface area contributed by atoms with Gasteiger partial charge in [0.05, 0.1) is 12.7 Å². The molecule has 2 aliphatic rings. The van der Waals surface area contributed by atoms with Crippen LogP contribution < -0.4 is 19.7 Å². The van der Waals surface area contributed by atoms with Crippen LogP contribution in [0.4, 0.5) is 5.82 Å². The van der Waals surface area contributed by atoms with Gasteiger partial charge >= 0.3 is 0 Å². The van der Waals surface area contributed by atoms with Crippen LogP contribution in [-0.2, 0) is 17.8 Å². The average molecular weight is 355 g/mol. The van der Waals surface area contributed by atoms with Crippen LogP contribution in [0, 0.1) is 0 Å². The number of ether oxygens (including phenoxy) is 3. The fourth-order valence-electron chi connectivity index (χ4n) is 3.38. The Morgan fingerprint density at radius 2 is 2.08 bits per heavy atom. The van der Waals surface area contributed by atoms with E-state index in [0.717, 1.165) is 55.7 Å². The summed E-state index contributed by atoms with van der Waals surface area (Å²) in [7, 11) is 0. The molecule has 0 amide bonds. The lowest BCUT2D eigenvalue weighted by atomic mass is 10.1. The van der Waals surface area contributed by atoms with Crippen molar-refractivity contribution in [3.63, 3.8) is 0 Å². The van der Waals surface area contributed by atoms with E-state index in [4.69, 9.17) is 14.2 Å². The predicted molar refractivity (Wildman–Crippen MR) is 99.8 cm³/mol. The van der Waals surface area contributed by atoms with Crippen LogP contribution in [-0.4, -0.2) is 44.0 Å². The van der Waals surface area contributed by atoms with E-state index >= 15 is 0 Å². The van der Waals surface area contributed by atoms with Crippen LogP contribution in [0.25, 0.3) is 0 Å². The lowest BCUT2D eigenvalue weighted by Gasteiger charge is -2.32. The third-order valence-corrected chi connectivity index (χ3v) is 4.67. The van der Waals surface area contributed by atoms with Crippen molar-refractivity contribution < 1.29 is 14.2 Å². The second kappa shape index (κ2) is 7.93. The summed E-state index contributed by atoms with van der Waals surface area (Å²) >= 11 is 0. The van der Waals surface area contributed by atoms with Crippen molar-refractivity contribution in [2.45, 2.75) is 26.1 Å². The maximum atomic E-state index is 5.77. The molecule has 1 unspecified atom stereocenters. The van der Waals surface area contributed by atoms with Crippen molar-refractivity contribution in [2.75, 3.05) is 37.8 Å². The fourth-order valence-corrected chi connectivity index (χ4v) is 3.38. The quantitative estimate of drug-likeness (QED) is 0.889. The van der Waals surface area contributed by atoms with Gasteiger partial charge in [-0.25, -0.2) is 4.98 Å². The van der Waals surface area contributed by atoms with E-state index in [0.29, 0.717) is 13.2 Å². The zero-order valence-electron chi connectivity index (χ0n) is 15.1. The standard InChI is InChI=1S/C20H25N3O3/c1-15-14-23(7-8-24-15)19-11-16(5-6-22-19)12-21-13-17-3-2-4-18-20(17)26-10-9-25-18/h2-6,11,15,21H,7-10,12-14H2,1H3. The first kappa shape index (κ1) is 17.1. The molecule has 0 saturated carbocycles. The van der Waals surface area contributed by atoms with Crippen molar-refractivity contribution in [3.8, 4) is 11.5 Å². The van der Waals surface area contributed by atoms with Crippen LogP contribution in [0.15, 0.2) is 36.5 Å². The molecule has 1 N–H and O–H groups in total. The third-order valence-electron chi connectivity index (χ3n) is 4.67. The van der Waals surface area contributed by atoms with Gasteiger partial charge in [-0.3, -0.25) is 0 Å². The molecule has 26 heavy (non-hydrogen) atoms. The Morgan fingerprint density at radius 1 is 1.15 bits per heavy atom. The number of aromatic nitrogens is 1. The summed E-state index contributed by atoms with van der Waals surface area (Å²) in [4.78, 5) is 6.82. The smallest absolute Gasteiger partial charge is 0.165 e. The Labute approximate surface area is 154 Å². The number of anilines is 1. The maximum absolute atomic E-state index is 5.77. The van der Waals surface area contributed by atoms with Gasteiger partial charge in [0.15, 0.2) is 11.5 Å². The second-order valence-electron chi connectivity index (χ2n) is 6.69. The molecule has 0 radical (unpaired) electrons. The summed E-state index contributed by atoms with van der Waals surface area (Å²) in [5, 5.41) is 3.50. The van der Waals surface area contributed by atoms with Gasteiger partial charge in [0.25, 0.3) is 0 Å². The van der Waals surface area contributed by atoms with Crippen LogP contribution in [0.1, 0.15) is 18.1 Å². The van der Waals surface area contributed by atoms with E-state index in [-0.39, 0.29) is 6.10 Å². The number of hydrogen-bond donors (Lipinski definition) is 1. The molecule has 138 valence electrons. The molecule has 2 aliphatic heterocycles. The summed E-state index contributed by atoms with van der Waals surface area (Å²) in [5.41, 5.74) is 2.34. The molecule has 4 rings (SSSR count). The number of nitrogens with zero attached hydrogens (tertiary/aromatic N) is 2. The van der Waals surface area contributed by atoms with Gasteiger partial charge in [-0.1, -0.05) is 12.1 Å². The zero-order valence-corrected chi connectivity index (χ0v) is 15.1. The summed E-state index contributed by atoms with van der Waals surface area (Å²) in [6, 6.07) is 10.3. The first-order valence-electron chi connectivity index (χ1n) is 9.19. The summed E-state index contributed by atoms with van der Waals surface area (Å²) in [6.07, 6.45) is 2.13. The number of hydrogen-bond acceptors (Lipinski definition) is 6. The highest BCUT2D eigenvalue weighted by Gasteiger charge is 2.18. The summed E-state index contributed by atoms with van der Waals surface area (Å²) in [6.45, 7) is 7.37. The van der Waals surface area contributed by atoms with E-state index in [2.05, 4.69) is 40.3 Å². The minimum Gasteiger partial charge on any atom is -0.486 e. The molecule has 6 heteroatoms. The summed E-state index contributed by atoms with van der Waals surface area (Å²) < 4.78 is 17.0. The molecule has 1 aromatic heterocycles. The Balaban J connectivity index is 1.37. The molecule has 3 heterocycles. The second-order valence-corrected chi connectivity index (χ2v) is 6.69. The van der Waals surface area contributed by atoms with Crippen molar-refractivity contribution in [3.05, 3.63) is 47.7 Å².